The molecule has 0 aliphatic carbocycles. The molecule has 0 aromatic heterocycles. The number of guanidine groups is 1. The van der Waals surface area contributed by atoms with Crippen LogP contribution in [0.1, 0.15) is 57.4 Å². The normalized spacial score (nSPS) is 17.8. The van der Waals surface area contributed by atoms with E-state index in [0.29, 0.717) is 5.96 Å². The van der Waals surface area contributed by atoms with Crippen molar-refractivity contribution in [2.24, 2.45) is 16.1 Å². The summed E-state index contributed by atoms with van der Waals surface area (Å²) in [7, 11) is 0. The first kappa shape index (κ1) is 21.3. The van der Waals surface area contributed by atoms with Gasteiger partial charge in [0, 0.05) is 13.1 Å². The van der Waals surface area contributed by atoms with Crippen molar-refractivity contribution in [2.45, 2.75) is 60.1 Å². The minimum absolute atomic E-state index is 0.00959. The molecule has 1 aromatic rings. The Morgan fingerprint density at radius 1 is 1.15 bits per heavy atom. The zero-order valence-corrected chi connectivity index (χ0v) is 17.7. The number of benzene rings is 1. The number of nitrogens with one attached hydrogen (secondary N) is 3. The molecule has 1 aliphatic heterocycles. The number of rotatable bonds is 7. The van der Waals surface area contributed by atoms with Crippen LogP contribution < -0.4 is 21.8 Å². The van der Waals surface area contributed by atoms with Gasteiger partial charge in [-0.3, -0.25) is 4.84 Å². The summed E-state index contributed by atoms with van der Waals surface area (Å²) in [6, 6.07) is 6.34. The summed E-state index contributed by atoms with van der Waals surface area (Å²) in [4.78, 5) is 10.0. The summed E-state index contributed by atoms with van der Waals surface area (Å²) in [6.45, 7) is 16.2. The molecule has 1 aromatic carbocycles. The predicted octanol–water partition coefficient (Wildman–Crippen LogP) is 3.04. The lowest BCUT2D eigenvalue weighted by Gasteiger charge is -2.29. The largest absolute Gasteiger partial charge is 0.370 e. The van der Waals surface area contributed by atoms with Crippen molar-refractivity contribution in [3.8, 4) is 0 Å². The minimum atomic E-state index is -0.210. The van der Waals surface area contributed by atoms with Crippen molar-refractivity contribution < 1.29 is 4.84 Å². The van der Waals surface area contributed by atoms with Gasteiger partial charge in [-0.05, 0) is 62.8 Å². The zero-order chi connectivity index (χ0) is 20.2. The maximum absolute atomic E-state index is 6.03. The summed E-state index contributed by atoms with van der Waals surface area (Å²) in [5.74, 6) is 1.22. The smallest absolute Gasteiger partial charge is 0.195 e. The molecule has 0 saturated carbocycles. The Balaban J connectivity index is 2.02. The van der Waals surface area contributed by atoms with E-state index in [1.54, 1.807) is 0 Å². The van der Waals surface area contributed by atoms with Crippen molar-refractivity contribution in [3.63, 3.8) is 0 Å². The molecule has 0 spiro atoms. The van der Waals surface area contributed by atoms with E-state index in [0.717, 1.165) is 18.9 Å². The lowest BCUT2D eigenvalue weighted by Crippen LogP contribution is -2.42. The van der Waals surface area contributed by atoms with E-state index in [2.05, 4.69) is 73.1 Å². The number of hydrogen-bond donors (Lipinski definition) is 4. The van der Waals surface area contributed by atoms with Gasteiger partial charge in [0.1, 0.15) is 5.82 Å². The lowest BCUT2D eigenvalue weighted by molar-refractivity contribution is -0.0820. The zero-order valence-electron chi connectivity index (χ0n) is 17.7. The summed E-state index contributed by atoms with van der Waals surface area (Å²) in [5, 5.41) is 6.69. The number of nitrogens with two attached hydrogens (primary N) is 1. The fourth-order valence-electron chi connectivity index (χ4n) is 2.78. The minimum Gasteiger partial charge on any atom is -0.370 e. The number of nitrogens with zero attached hydrogens (tertiary/aromatic N) is 1. The van der Waals surface area contributed by atoms with Gasteiger partial charge in [0.15, 0.2) is 5.96 Å². The first-order chi connectivity index (χ1) is 12.5. The number of hydroxylamine groups is 1. The first-order valence-corrected chi connectivity index (χ1v) is 9.50. The number of aryl methyl sites for hydroxylation is 1. The number of aliphatic imine (C=N–C) groups is 1. The first-order valence-electron chi connectivity index (χ1n) is 9.50. The van der Waals surface area contributed by atoms with Crippen LogP contribution in [0, 0.1) is 19.3 Å². The van der Waals surface area contributed by atoms with Crippen LogP contribution in [0.15, 0.2) is 35.1 Å². The van der Waals surface area contributed by atoms with Gasteiger partial charge in [-0.15, -0.1) is 0 Å². The Morgan fingerprint density at radius 2 is 1.85 bits per heavy atom. The van der Waals surface area contributed by atoms with Crippen LogP contribution in [0.4, 0.5) is 0 Å². The predicted molar refractivity (Wildman–Crippen MR) is 112 cm³/mol. The summed E-state index contributed by atoms with van der Waals surface area (Å²) >= 11 is 0. The highest BCUT2D eigenvalue weighted by molar-refractivity contribution is 5.80. The molecule has 1 aliphatic rings. The summed E-state index contributed by atoms with van der Waals surface area (Å²) < 4.78 is 0. The molecule has 0 amide bonds. The van der Waals surface area contributed by atoms with E-state index in [-0.39, 0.29) is 17.1 Å². The fraction of sp³-hybridized carbons (Fsp3) is 0.571. The second-order valence-corrected chi connectivity index (χ2v) is 9.01. The Morgan fingerprint density at radius 3 is 2.52 bits per heavy atom. The average Bonchev–Trinajstić information content (AvgIpc) is 2.54. The monoisotopic (exact) mass is 373 g/mol. The van der Waals surface area contributed by atoms with Crippen molar-refractivity contribution in [1.29, 1.82) is 0 Å². The molecule has 6 heteroatoms. The molecule has 2 rings (SSSR count). The van der Waals surface area contributed by atoms with Crippen LogP contribution in [0.25, 0.3) is 0 Å². The molecule has 6 nitrogen and oxygen atoms in total. The molecular weight excluding hydrogens is 338 g/mol. The van der Waals surface area contributed by atoms with Crippen molar-refractivity contribution in [1.82, 2.24) is 16.1 Å². The van der Waals surface area contributed by atoms with Gasteiger partial charge < -0.3 is 16.4 Å². The van der Waals surface area contributed by atoms with Crippen LogP contribution in [-0.2, 0) is 4.84 Å². The molecule has 1 atom stereocenters. The van der Waals surface area contributed by atoms with Gasteiger partial charge in [-0.25, -0.2) is 5.48 Å². The Labute approximate surface area is 163 Å². The second-order valence-electron chi connectivity index (χ2n) is 9.01. The van der Waals surface area contributed by atoms with Gasteiger partial charge in [0.2, 0.25) is 0 Å². The molecule has 0 saturated heterocycles. The molecule has 27 heavy (non-hydrogen) atoms. The van der Waals surface area contributed by atoms with E-state index >= 15 is 0 Å². The third-order valence-electron chi connectivity index (χ3n) is 4.53. The third-order valence-corrected chi connectivity index (χ3v) is 4.53. The highest BCUT2D eigenvalue weighted by Crippen LogP contribution is 2.24. The van der Waals surface area contributed by atoms with Crippen LogP contribution in [-0.4, -0.2) is 24.7 Å². The molecule has 0 fully saturated rings. The Kier molecular flexibility index (Phi) is 6.54. The van der Waals surface area contributed by atoms with Crippen molar-refractivity contribution >= 4 is 5.96 Å². The quantitative estimate of drug-likeness (QED) is 0.552. The maximum Gasteiger partial charge on any atom is 0.195 e. The van der Waals surface area contributed by atoms with Crippen molar-refractivity contribution in [2.75, 3.05) is 13.1 Å². The highest BCUT2D eigenvalue weighted by Gasteiger charge is 2.22. The van der Waals surface area contributed by atoms with Gasteiger partial charge in [0.25, 0.3) is 0 Å². The molecule has 150 valence electrons. The van der Waals surface area contributed by atoms with Gasteiger partial charge in [-0.1, -0.05) is 32.0 Å². The van der Waals surface area contributed by atoms with E-state index in [1.165, 1.54) is 16.7 Å². The molecular formula is C21H35N5O. The van der Waals surface area contributed by atoms with E-state index in [9.17, 15) is 0 Å². The van der Waals surface area contributed by atoms with Crippen LogP contribution >= 0.6 is 0 Å². The molecule has 1 unspecified atom stereocenters. The molecule has 0 bridgehead atoms. The van der Waals surface area contributed by atoms with Gasteiger partial charge >= 0.3 is 0 Å². The van der Waals surface area contributed by atoms with Crippen LogP contribution in [0.3, 0.4) is 0 Å². The van der Waals surface area contributed by atoms with E-state index < -0.39 is 0 Å². The lowest BCUT2D eigenvalue weighted by atomic mass is 9.93. The third kappa shape index (κ3) is 6.56. The topological polar surface area (TPSA) is 83.7 Å². The number of hydrogen-bond acceptors (Lipinski definition) is 6. The van der Waals surface area contributed by atoms with Crippen LogP contribution in [0.2, 0.25) is 0 Å². The standard InChI is InChI=1S/C21H35N5O/c1-14-9-8-10-16(15(14)2)17-11-18(26-19(22)25-17)23-12-21(6,7)13-24-27-20(3,4)5/h8-11,17,23-24H,12-13H2,1-7H3,(H3,22,25,26). The fourth-order valence-corrected chi connectivity index (χ4v) is 2.78. The van der Waals surface area contributed by atoms with Crippen molar-refractivity contribution in [3.05, 3.63) is 46.8 Å². The summed E-state index contributed by atoms with van der Waals surface area (Å²) in [5.41, 5.74) is 12.6. The van der Waals surface area contributed by atoms with E-state index in [4.69, 9.17) is 10.6 Å². The highest BCUT2D eigenvalue weighted by atomic mass is 16.7. The second kappa shape index (κ2) is 8.31. The Bertz CT molecular complexity index is 716. The maximum atomic E-state index is 6.03. The van der Waals surface area contributed by atoms with E-state index in [1.807, 2.05) is 20.8 Å². The molecule has 1 heterocycles. The summed E-state index contributed by atoms with van der Waals surface area (Å²) in [6.07, 6.45) is 2.09. The molecule has 0 radical (unpaired) electrons. The Hall–Kier alpha value is -2.05. The van der Waals surface area contributed by atoms with Gasteiger partial charge in [-0.2, -0.15) is 4.99 Å². The molecule has 5 N–H and O–H groups in total. The van der Waals surface area contributed by atoms with Gasteiger partial charge in [0.05, 0.1) is 11.6 Å². The average molecular weight is 374 g/mol. The SMILES string of the molecule is Cc1cccc(C2C=C(NCC(C)(C)CNOC(C)(C)C)N=C(N)N2)c1C. The van der Waals surface area contributed by atoms with Crippen LogP contribution in [0.5, 0.6) is 0 Å².